The van der Waals surface area contributed by atoms with Gasteiger partial charge in [0.1, 0.15) is 21.3 Å². The maximum atomic E-state index is 12.5. The zero-order chi connectivity index (χ0) is 28.9. The number of amides is 2. The van der Waals surface area contributed by atoms with Crippen molar-refractivity contribution in [1.82, 2.24) is 0 Å². The predicted molar refractivity (Wildman–Crippen MR) is 160 cm³/mol. The van der Waals surface area contributed by atoms with Crippen LogP contribution in [-0.4, -0.2) is 32.1 Å². The second kappa shape index (κ2) is 14.7. The van der Waals surface area contributed by atoms with Crippen LogP contribution in [0.15, 0.2) is 109 Å². The van der Waals surface area contributed by atoms with E-state index in [1.165, 1.54) is 0 Å². The zero-order valence-electron chi connectivity index (χ0n) is 22.5. The van der Waals surface area contributed by atoms with Gasteiger partial charge in [-0.25, -0.2) is 18.0 Å². The Kier molecular flexibility index (Phi) is 10.5. The Morgan fingerprint density at radius 1 is 0.537 bits per heavy atom. The van der Waals surface area contributed by atoms with Gasteiger partial charge in [-0.05, 0) is 85.3 Å². The molecule has 0 saturated heterocycles. The van der Waals surface area contributed by atoms with Crippen LogP contribution in [0.3, 0.4) is 0 Å². The van der Waals surface area contributed by atoms with E-state index >= 15 is 0 Å². The summed E-state index contributed by atoms with van der Waals surface area (Å²) < 4.78 is 35.5. The van der Waals surface area contributed by atoms with Gasteiger partial charge in [-0.3, -0.25) is 10.6 Å². The van der Waals surface area contributed by atoms with E-state index in [9.17, 15) is 18.0 Å². The molecular weight excluding hydrogens is 540 g/mol. The van der Waals surface area contributed by atoms with E-state index in [-0.39, 0.29) is 11.5 Å². The second-order valence-electron chi connectivity index (χ2n) is 9.41. The molecule has 0 bridgehead atoms. The highest BCUT2D eigenvalue weighted by atomic mass is 32.2. The van der Waals surface area contributed by atoms with Crippen LogP contribution in [0.2, 0.25) is 0 Å². The minimum absolute atomic E-state index is 0.114. The number of aryl methyl sites for hydroxylation is 2. The van der Waals surface area contributed by atoms with Gasteiger partial charge in [0.2, 0.25) is 0 Å². The lowest BCUT2D eigenvalue weighted by molar-refractivity contribution is 0.214. The highest BCUT2D eigenvalue weighted by Crippen LogP contribution is 2.16. The summed E-state index contributed by atoms with van der Waals surface area (Å²) in [4.78, 5) is 24.0. The summed E-state index contributed by atoms with van der Waals surface area (Å²) in [6.45, 7) is 0. The maximum Gasteiger partial charge on any atom is 0.417 e. The Labute approximate surface area is 240 Å². The van der Waals surface area contributed by atoms with Crippen LogP contribution < -0.4 is 20.1 Å². The first kappa shape index (κ1) is 29.4. The standard InChI is InChI=1S/C32H32N2O6S/c35-31(39-29-11-3-1-4-12-29)33-27-19-15-25(16-20-27)9-7-23-41(37,38)24-8-10-26-17-21-28(22-18-26)34-32(36)40-30-13-5-2-6-14-30/h1-6,11-22H,7-10,23-24H2,(H,33,35)(H,34,36). The number of benzene rings is 4. The Bertz CT molecular complexity index is 1400. The number of carbonyl (C=O) groups excluding carboxylic acids is 2. The lowest BCUT2D eigenvalue weighted by Crippen LogP contribution is -2.16. The third kappa shape index (κ3) is 10.5. The molecule has 0 unspecified atom stereocenters. The molecule has 0 atom stereocenters. The average molecular weight is 573 g/mol. The molecule has 4 aromatic carbocycles. The lowest BCUT2D eigenvalue weighted by Gasteiger charge is -2.09. The van der Waals surface area contributed by atoms with Crippen molar-refractivity contribution >= 4 is 33.4 Å². The molecule has 2 N–H and O–H groups in total. The van der Waals surface area contributed by atoms with Crippen molar-refractivity contribution in [2.45, 2.75) is 25.7 Å². The minimum Gasteiger partial charge on any atom is -0.410 e. The Morgan fingerprint density at radius 2 is 0.902 bits per heavy atom. The summed E-state index contributed by atoms with van der Waals surface area (Å²) in [5.74, 6) is 1.14. The molecule has 0 aliphatic rings. The van der Waals surface area contributed by atoms with Crippen molar-refractivity contribution < 1.29 is 27.5 Å². The smallest absolute Gasteiger partial charge is 0.410 e. The Balaban J connectivity index is 1.13. The number of ether oxygens (including phenoxy) is 2. The van der Waals surface area contributed by atoms with E-state index in [2.05, 4.69) is 10.6 Å². The van der Waals surface area contributed by atoms with Crippen LogP contribution in [0.25, 0.3) is 0 Å². The number of hydrogen-bond acceptors (Lipinski definition) is 6. The van der Waals surface area contributed by atoms with E-state index in [0.29, 0.717) is 48.6 Å². The molecule has 0 saturated carbocycles. The average Bonchev–Trinajstić information content (AvgIpc) is 2.96. The Morgan fingerprint density at radius 3 is 1.27 bits per heavy atom. The van der Waals surface area contributed by atoms with E-state index in [4.69, 9.17) is 9.47 Å². The van der Waals surface area contributed by atoms with E-state index < -0.39 is 22.0 Å². The topological polar surface area (TPSA) is 111 Å². The van der Waals surface area contributed by atoms with Gasteiger partial charge in [0.25, 0.3) is 0 Å². The van der Waals surface area contributed by atoms with Crippen LogP contribution >= 0.6 is 0 Å². The SMILES string of the molecule is O=C(Nc1ccc(CCCS(=O)(=O)CCCc2ccc(NC(=O)Oc3ccccc3)cc2)cc1)Oc1ccccc1. The first-order chi connectivity index (χ1) is 19.8. The van der Waals surface area contributed by atoms with Crippen molar-refractivity contribution in [2.75, 3.05) is 22.1 Å². The molecule has 0 fully saturated rings. The van der Waals surface area contributed by atoms with Gasteiger partial charge in [-0.15, -0.1) is 0 Å². The monoisotopic (exact) mass is 572 g/mol. The second-order valence-corrected chi connectivity index (χ2v) is 11.7. The quantitative estimate of drug-likeness (QED) is 0.191. The molecule has 0 aliphatic heterocycles. The number of rotatable bonds is 12. The van der Waals surface area contributed by atoms with Crippen LogP contribution in [0, 0.1) is 0 Å². The number of para-hydroxylation sites is 2. The number of hydrogen-bond donors (Lipinski definition) is 2. The van der Waals surface area contributed by atoms with Gasteiger partial charge < -0.3 is 9.47 Å². The zero-order valence-corrected chi connectivity index (χ0v) is 23.3. The lowest BCUT2D eigenvalue weighted by atomic mass is 10.1. The molecule has 4 rings (SSSR count). The first-order valence-electron chi connectivity index (χ1n) is 13.3. The van der Waals surface area contributed by atoms with Crippen LogP contribution in [0.5, 0.6) is 11.5 Å². The number of anilines is 2. The van der Waals surface area contributed by atoms with Gasteiger partial charge in [-0.2, -0.15) is 0 Å². The van der Waals surface area contributed by atoms with Crippen molar-refractivity contribution in [2.24, 2.45) is 0 Å². The normalized spacial score (nSPS) is 10.9. The van der Waals surface area contributed by atoms with Crippen LogP contribution in [-0.2, 0) is 22.7 Å². The van der Waals surface area contributed by atoms with E-state index in [1.54, 1.807) is 72.8 Å². The van der Waals surface area contributed by atoms with Crippen LogP contribution in [0.1, 0.15) is 24.0 Å². The van der Waals surface area contributed by atoms with Crippen molar-refractivity contribution in [3.63, 3.8) is 0 Å². The molecule has 212 valence electrons. The first-order valence-corrected chi connectivity index (χ1v) is 15.1. The molecule has 0 heterocycles. The fourth-order valence-electron chi connectivity index (χ4n) is 4.08. The molecule has 0 radical (unpaired) electrons. The molecule has 41 heavy (non-hydrogen) atoms. The molecule has 0 aromatic heterocycles. The molecule has 0 aliphatic carbocycles. The number of nitrogens with one attached hydrogen (secondary N) is 2. The number of sulfone groups is 1. The fourth-order valence-corrected chi connectivity index (χ4v) is 5.45. The molecular formula is C32H32N2O6S. The third-order valence-electron chi connectivity index (χ3n) is 6.15. The van der Waals surface area contributed by atoms with E-state index in [1.807, 2.05) is 36.4 Å². The largest absolute Gasteiger partial charge is 0.417 e. The van der Waals surface area contributed by atoms with Gasteiger partial charge in [0, 0.05) is 11.4 Å². The summed E-state index contributed by atoms with van der Waals surface area (Å²) >= 11 is 0. The molecule has 2 amide bonds. The van der Waals surface area contributed by atoms with Gasteiger partial charge in [0.15, 0.2) is 0 Å². The molecule has 4 aromatic rings. The van der Waals surface area contributed by atoms with Crippen LogP contribution in [0.4, 0.5) is 21.0 Å². The third-order valence-corrected chi connectivity index (χ3v) is 7.97. The predicted octanol–water partition coefficient (Wildman–Crippen LogP) is 6.89. The van der Waals surface area contributed by atoms with Crippen molar-refractivity contribution in [1.29, 1.82) is 0 Å². The van der Waals surface area contributed by atoms with Crippen molar-refractivity contribution in [3.8, 4) is 11.5 Å². The number of carbonyl (C=O) groups is 2. The Hall–Kier alpha value is -4.63. The molecule has 9 heteroatoms. The van der Waals surface area contributed by atoms with Crippen molar-refractivity contribution in [3.05, 3.63) is 120 Å². The fraction of sp³-hybridized carbons (Fsp3) is 0.188. The summed E-state index contributed by atoms with van der Waals surface area (Å²) in [6.07, 6.45) is 1.12. The minimum atomic E-state index is -3.18. The van der Waals surface area contributed by atoms with E-state index in [0.717, 1.165) is 11.1 Å². The maximum absolute atomic E-state index is 12.5. The van der Waals surface area contributed by atoms with Gasteiger partial charge >= 0.3 is 12.2 Å². The van der Waals surface area contributed by atoms with Gasteiger partial charge in [0.05, 0.1) is 11.5 Å². The highest BCUT2D eigenvalue weighted by molar-refractivity contribution is 7.91. The molecule has 0 spiro atoms. The summed E-state index contributed by atoms with van der Waals surface area (Å²) in [6, 6.07) is 32.1. The van der Waals surface area contributed by atoms with Gasteiger partial charge in [-0.1, -0.05) is 60.7 Å². The summed E-state index contributed by atoms with van der Waals surface area (Å²) in [5, 5.41) is 5.35. The molecule has 8 nitrogen and oxygen atoms in total. The summed E-state index contributed by atoms with van der Waals surface area (Å²) in [7, 11) is -3.18. The highest BCUT2D eigenvalue weighted by Gasteiger charge is 2.12. The summed E-state index contributed by atoms with van der Waals surface area (Å²) in [5.41, 5.74) is 3.17.